The van der Waals surface area contributed by atoms with Crippen molar-refractivity contribution in [2.75, 3.05) is 11.4 Å². The number of carbonyl (C=O) groups excluding carboxylic acids is 2. The summed E-state index contributed by atoms with van der Waals surface area (Å²) in [4.78, 5) is 33.4. The quantitative estimate of drug-likeness (QED) is 0.654. The largest absolute Gasteiger partial charge is 0.444 e. The van der Waals surface area contributed by atoms with E-state index in [4.69, 9.17) is 9.47 Å². The van der Waals surface area contributed by atoms with Crippen molar-refractivity contribution >= 4 is 18.0 Å². The SMILES string of the molecule is CC(C)(C)OC(=O)N1CCCC1c1ccc(N(C(=O)OC(C)(C)C)C2CCC2)nc1. The Balaban J connectivity index is 1.77. The Morgan fingerprint density at radius 1 is 1.00 bits per heavy atom. The molecule has 1 aromatic heterocycles. The van der Waals surface area contributed by atoms with Crippen LogP contribution in [-0.2, 0) is 9.47 Å². The second-order valence-electron chi connectivity index (χ2n) is 10.2. The molecular weight excluding hydrogens is 382 g/mol. The highest BCUT2D eigenvalue weighted by atomic mass is 16.6. The first kappa shape index (κ1) is 22.4. The van der Waals surface area contributed by atoms with E-state index in [9.17, 15) is 9.59 Å². The summed E-state index contributed by atoms with van der Waals surface area (Å²) in [5.41, 5.74) is -0.125. The lowest BCUT2D eigenvalue weighted by Gasteiger charge is -2.37. The number of aromatic nitrogens is 1. The van der Waals surface area contributed by atoms with Crippen molar-refractivity contribution in [3.05, 3.63) is 23.9 Å². The molecule has 1 aromatic rings. The highest BCUT2D eigenvalue weighted by Gasteiger charge is 2.36. The van der Waals surface area contributed by atoms with E-state index in [1.54, 1.807) is 16.0 Å². The van der Waals surface area contributed by atoms with Crippen LogP contribution in [-0.4, -0.2) is 45.9 Å². The van der Waals surface area contributed by atoms with Crippen molar-refractivity contribution in [2.45, 2.75) is 96.9 Å². The first-order valence-electron chi connectivity index (χ1n) is 10.9. The predicted molar refractivity (Wildman–Crippen MR) is 116 cm³/mol. The summed E-state index contributed by atoms with van der Waals surface area (Å²) in [6.45, 7) is 11.9. The van der Waals surface area contributed by atoms with E-state index >= 15 is 0 Å². The van der Waals surface area contributed by atoms with Gasteiger partial charge in [-0.05, 0) is 85.3 Å². The van der Waals surface area contributed by atoms with E-state index in [0.717, 1.165) is 37.7 Å². The van der Waals surface area contributed by atoms with Crippen LogP contribution in [0.2, 0.25) is 0 Å². The average Bonchev–Trinajstić information content (AvgIpc) is 3.05. The minimum atomic E-state index is -0.559. The monoisotopic (exact) mass is 417 g/mol. The number of nitrogens with zero attached hydrogens (tertiary/aromatic N) is 3. The zero-order chi connectivity index (χ0) is 22.1. The predicted octanol–water partition coefficient (Wildman–Crippen LogP) is 5.45. The van der Waals surface area contributed by atoms with Gasteiger partial charge in [0.05, 0.1) is 6.04 Å². The van der Waals surface area contributed by atoms with Gasteiger partial charge in [0, 0.05) is 18.8 Å². The molecule has 1 saturated heterocycles. The summed E-state index contributed by atoms with van der Waals surface area (Å²) in [6.07, 6.45) is 5.95. The standard InChI is InChI=1S/C23H35N3O4/c1-22(2,3)29-20(27)25-14-8-11-18(25)16-12-13-19(24-15-16)26(17-9-7-10-17)21(28)30-23(4,5)6/h12-13,15,17-18H,7-11,14H2,1-6H3. The van der Waals surface area contributed by atoms with Gasteiger partial charge in [0.25, 0.3) is 0 Å². The third-order valence-corrected chi connectivity index (χ3v) is 5.31. The zero-order valence-corrected chi connectivity index (χ0v) is 19.1. The summed E-state index contributed by atoms with van der Waals surface area (Å²) >= 11 is 0. The fraction of sp³-hybridized carbons (Fsp3) is 0.696. The molecule has 1 aliphatic carbocycles. The maximum atomic E-state index is 12.8. The van der Waals surface area contributed by atoms with Crippen LogP contribution in [0.5, 0.6) is 0 Å². The second kappa shape index (κ2) is 8.44. The van der Waals surface area contributed by atoms with Gasteiger partial charge in [-0.2, -0.15) is 0 Å². The van der Waals surface area contributed by atoms with Gasteiger partial charge < -0.3 is 14.4 Å². The molecule has 1 atom stereocenters. The second-order valence-corrected chi connectivity index (χ2v) is 10.2. The number of hydrogen-bond donors (Lipinski definition) is 0. The number of likely N-dealkylation sites (tertiary alicyclic amines) is 1. The number of carbonyl (C=O) groups is 2. The average molecular weight is 418 g/mol. The van der Waals surface area contributed by atoms with Crippen molar-refractivity contribution in [2.24, 2.45) is 0 Å². The molecule has 2 aliphatic rings. The Morgan fingerprint density at radius 3 is 2.17 bits per heavy atom. The van der Waals surface area contributed by atoms with Crippen LogP contribution in [0.15, 0.2) is 18.3 Å². The van der Waals surface area contributed by atoms with Crippen LogP contribution in [0.25, 0.3) is 0 Å². The van der Waals surface area contributed by atoms with E-state index in [0.29, 0.717) is 12.4 Å². The molecule has 30 heavy (non-hydrogen) atoms. The smallest absolute Gasteiger partial charge is 0.416 e. The Kier molecular flexibility index (Phi) is 6.29. The van der Waals surface area contributed by atoms with Crippen LogP contribution in [0.4, 0.5) is 15.4 Å². The van der Waals surface area contributed by atoms with Crippen molar-refractivity contribution in [1.29, 1.82) is 0 Å². The normalized spacial score (nSPS) is 19.9. The minimum Gasteiger partial charge on any atom is -0.444 e. The molecule has 166 valence electrons. The van der Waals surface area contributed by atoms with Crippen molar-refractivity contribution in [3.8, 4) is 0 Å². The molecule has 3 rings (SSSR count). The molecular formula is C23H35N3O4. The minimum absolute atomic E-state index is 0.0555. The highest BCUT2D eigenvalue weighted by Crippen LogP contribution is 2.35. The van der Waals surface area contributed by atoms with Crippen LogP contribution in [0.3, 0.4) is 0 Å². The summed E-state index contributed by atoms with van der Waals surface area (Å²) < 4.78 is 11.2. The van der Waals surface area contributed by atoms with Gasteiger partial charge >= 0.3 is 12.2 Å². The molecule has 0 N–H and O–H groups in total. The number of ether oxygens (including phenoxy) is 2. The van der Waals surface area contributed by atoms with E-state index in [1.165, 1.54) is 0 Å². The van der Waals surface area contributed by atoms with Crippen molar-refractivity contribution in [1.82, 2.24) is 9.88 Å². The molecule has 0 radical (unpaired) electrons. The Morgan fingerprint density at radius 2 is 1.67 bits per heavy atom. The molecule has 7 heteroatoms. The molecule has 0 aromatic carbocycles. The third-order valence-electron chi connectivity index (χ3n) is 5.31. The fourth-order valence-electron chi connectivity index (χ4n) is 3.78. The Hall–Kier alpha value is -2.31. The molecule has 0 spiro atoms. The van der Waals surface area contributed by atoms with Crippen LogP contribution in [0, 0.1) is 0 Å². The first-order chi connectivity index (χ1) is 13.9. The van der Waals surface area contributed by atoms with E-state index < -0.39 is 11.2 Å². The Labute approximate surface area is 179 Å². The zero-order valence-electron chi connectivity index (χ0n) is 19.1. The maximum absolute atomic E-state index is 12.8. The lowest BCUT2D eigenvalue weighted by atomic mass is 9.91. The van der Waals surface area contributed by atoms with Gasteiger partial charge in [-0.1, -0.05) is 6.07 Å². The van der Waals surface area contributed by atoms with Gasteiger partial charge in [0.1, 0.15) is 17.0 Å². The van der Waals surface area contributed by atoms with Crippen LogP contribution in [0.1, 0.15) is 85.3 Å². The maximum Gasteiger partial charge on any atom is 0.416 e. The summed E-state index contributed by atoms with van der Waals surface area (Å²) in [6, 6.07) is 3.90. The van der Waals surface area contributed by atoms with E-state index in [1.807, 2.05) is 53.7 Å². The molecule has 1 aliphatic heterocycles. The van der Waals surface area contributed by atoms with Crippen molar-refractivity contribution < 1.29 is 19.1 Å². The fourth-order valence-corrected chi connectivity index (χ4v) is 3.78. The van der Waals surface area contributed by atoms with Crippen LogP contribution < -0.4 is 4.90 Å². The van der Waals surface area contributed by atoms with Gasteiger partial charge in [-0.15, -0.1) is 0 Å². The van der Waals surface area contributed by atoms with Gasteiger partial charge in [-0.25, -0.2) is 14.6 Å². The van der Waals surface area contributed by atoms with Gasteiger partial charge in [0.2, 0.25) is 0 Å². The molecule has 2 amide bonds. The number of anilines is 1. The van der Waals surface area contributed by atoms with Crippen LogP contribution >= 0.6 is 0 Å². The Bertz CT molecular complexity index is 760. The van der Waals surface area contributed by atoms with E-state index in [-0.39, 0.29) is 24.3 Å². The summed E-state index contributed by atoms with van der Waals surface area (Å²) in [5, 5.41) is 0. The summed E-state index contributed by atoms with van der Waals surface area (Å²) in [7, 11) is 0. The molecule has 1 unspecified atom stereocenters. The third kappa shape index (κ3) is 5.43. The number of rotatable bonds is 3. The molecule has 0 bridgehead atoms. The lowest BCUT2D eigenvalue weighted by molar-refractivity contribution is 0.0224. The van der Waals surface area contributed by atoms with Crippen molar-refractivity contribution in [3.63, 3.8) is 0 Å². The molecule has 7 nitrogen and oxygen atoms in total. The first-order valence-corrected chi connectivity index (χ1v) is 10.9. The molecule has 2 heterocycles. The number of hydrogen-bond acceptors (Lipinski definition) is 5. The van der Waals surface area contributed by atoms with Gasteiger partial charge in [-0.3, -0.25) is 4.90 Å². The number of pyridine rings is 1. The van der Waals surface area contributed by atoms with Gasteiger partial charge in [0.15, 0.2) is 0 Å². The van der Waals surface area contributed by atoms with E-state index in [2.05, 4.69) is 4.98 Å². The summed E-state index contributed by atoms with van der Waals surface area (Å²) in [5.74, 6) is 0.597. The number of amides is 2. The lowest BCUT2D eigenvalue weighted by Crippen LogP contribution is -2.47. The molecule has 2 fully saturated rings. The highest BCUT2D eigenvalue weighted by molar-refractivity contribution is 5.87. The topological polar surface area (TPSA) is 72.0 Å². The molecule has 1 saturated carbocycles.